The average molecular weight is 366 g/mol. The van der Waals surface area contributed by atoms with Gasteiger partial charge in [0.2, 0.25) is 5.75 Å². The molecule has 6 nitrogen and oxygen atoms in total. The van der Waals surface area contributed by atoms with Crippen molar-refractivity contribution in [2.75, 3.05) is 27.9 Å². The summed E-state index contributed by atoms with van der Waals surface area (Å²) in [7, 11) is 4.14. The molecule has 0 amide bonds. The number of hydrogen-bond acceptors (Lipinski definition) is 6. The second-order valence-electron chi connectivity index (χ2n) is 5.01. The van der Waals surface area contributed by atoms with E-state index in [4.69, 9.17) is 18.9 Å². The number of ether oxygens (including phenoxy) is 4. The molecule has 0 saturated heterocycles. The van der Waals surface area contributed by atoms with Gasteiger partial charge >= 0.3 is 5.97 Å². The zero-order valence-corrected chi connectivity index (χ0v) is 14.3. The molecule has 0 unspecified atom stereocenters. The molecule has 0 atom stereocenters. The van der Waals surface area contributed by atoms with Crippen LogP contribution in [0.2, 0.25) is 0 Å². The first-order chi connectivity index (χ1) is 12.4. The van der Waals surface area contributed by atoms with Gasteiger partial charge < -0.3 is 18.9 Å². The topological polar surface area (TPSA) is 71.1 Å². The Bertz CT molecular complexity index is 835. The molecule has 0 fully saturated rings. The number of halogens is 2. The molecule has 8 heteroatoms. The molecule has 0 radical (unpaired) electrons. The maximum atomic E-state index is 13.2. The number of carbonyl (C=O) groups is 2. The molecule has 0 bridgehead atoms. The van der Waals surface area contributed by atoms with Gasteiger partial charge in [0.25, 0.3) is 0 Å². The zero-order chi connectivity index (χ0) is 19.3. The van der Waals surface area contributed by atoms with Crippen LogP contribution in [0.4, 0.5) is 8.78 Å². The van der Waals surface area contributed by atoms with Gasteiger partial charge in [0.05, 0.1) is 21.3 Å². The van der Waals surface area contributed by atoms with Gasteiger partial charge in [-0.2, -0.15) is 0 Å². The molecule has 0 saturated carbocycles. The Morgan fingerprint density at radius 2 is 1.58 bits per heavy atom. The minimum absolute atomic E-state index is 0.0169. The highest BCUT2D eigenvalue weighted by Gasteiger charge is 2.22. The number of benzene rings is 2. The number of ketones is 1. The van der Waals surface area contributed by atoms with Crippen LogP contribution in [0.15, 0.2) is 30.3 Å². The maximum Gasteiger partial charge on any atom is 0.342 e. The van der Waals surface area contributed by atoms with Crippen LogP contribution in [0.25, 0.3) is 0 Å². The van der Waals surface area contributed by atoms with E-state index in [1.54, 1.807) is 0 Å². The van der Waals surface area contributed by atoms with Crippen LogP contribution in [0.1, 0.15) is 20.7 Å². The lowest BCUT2D eigenvalue weighted by Crippen LogP contribution is -2.15. The summed E-state index contributed by atoms with van der Waals surface area (Å²) in [6.45, 7) is -0.651. The van der Waals surface area contributed by atoms with Gasteiger partial charge in [-0.25, -0.2) is 13.6 Å². The van der Waals surface area contributed by atoms with Crippen molar-refractivity contribution in [1.29, 1.82) is 0 Å². The normalized spacial score (nSPS) is 10.2. The van der Waals surface area contributed by atoms with Gasteiger partial charge in [-0.05, 0) is 30.3 Å². The average Bonchev–Trinajstić information content (AvgIpc) is 2.66. The third kappa shape index (κ3) is 3.90. The molecule has 0 aliphatic rings. The molecule has 0 heterocycles. The van der Waals surface area contributed by atoms with Crippen LogP contribution in [-0.4, -0.2) is 39.7 Å². The van der Waals surface area contributed by atoms with Gasteiger partial charge in [-0.3, -0.25) is 4.79 Å². The molecular weight excluding hydrogens is 350 g/mol. The van der Waals surface area contributed by atoms with Gasteiger partial charge in [0.15, 0.2) is 35.5 Å². The fraction of sp³-hybridized carbons (Fsp3) is 0.222. The predicted molar refractivity (Wildman–Crippen MR) is 87.1 cm³/mol. The standard InChI is InChI=1S/C18H16F2O6/c1-23-15-7-5-11(16(24-2)17(15)25-3)18(22)26-9-14(21)10-4-6-12(19)13(20)8-10/h4-8H,9H2,1-3H3. The van der Waals surface area contributed by atoms with E-state index in [0.717, 1.165) is 18.2 Å². The summed E-state index contributed by atoms with van der Waals surface area (Å²) in [4.78, 5) is 24.2. The van der Waals surface area contributed by atoms with Crippen LogP contribution in [-0.2, 0) is 4.74 Å². The second kappa shape index (κ2) is 8.28. The zero-order valence-electron chi connectivity index (χ0n) is 14.3. The molecule has 2 aromatic carbocycles. The van der Waals surface area contributed by atoms with Crippen LogP contribution in [0.5, 0.6) is 17.2 Å². The largest absolute Gasteiger partial charge is 0.493 e. The SMILES string of the molecule is COc1ccc(C(=O)OCC(=O)c2ccc(F)c(F)c2)c(OC)c1OC. The summed E-state index contributed by atoms with van der Waals surface area (Å²) in [5.41, 5.74) is -0.0980. The number of rotatable bonds is 7. The first-order valence-corrected chi connectivity index (χ1v) is 7.37. The Balaban J connectivity index is 2.17. The number of Topliss-reactive ketones (excluding diaryl/α,β-unsaturated/α-hetero) is 1. The smallest absolute Gasteiger partial charge is 0.342 e. The summed E-state index contributed by atoms with van der Waals surface area (Å²) in [6, 6.07) is 5.54. The van der Waals surface area contributed by atoms with Gasteiger partial charge in [0, 0.05) is 5.56 Å². The van der Waals surface area contributed by atoms with Crippen molar-refractivity contribution < 1.29 is 37.3 Å². The Hall–Kier alpha value is -3.16. The van der Waals surface area contributed by atoms with E-state index in [1.165, 1.54) is 33.5 Å². The minimum atomic E-state index is -1.16. The Labute approximate surface area is 148 Å². The van der Waals surface area contributed by atoms with Gasteiger partial charge in [0.1, 0.15) is 5.56 Å². The van der Waals surface area contributed by atoms with Crippen molar-refractivity contribution in [3.8, 4) is 17.2 Å². The van der Waals surface area contributed by atoms with Crippen molar-refractivity contribution in [1.82, 2.24) is 0 Å². The Kier molecular flexibility index (Phi) is 6.11. The lowest BCUT2D eigenvalue weighted by molar-refractivity contribution is 0.0471. The minimum Gasteiger partial charge on any atom is -0.493 e. The molecule has 0 N–H and O–H groups in total. The summed E-state index contributed by atoms with van der Waals surface area (Å²) in [5.74, 6) is -3.15. The number of esters is 1. The molecule has 2 rings (SSSR count). The summed E-state index contributed by atoms with van der Waals surface area (Å²) in [5, 5.41) is 0. The predicted octanol–water partition coefficient (Wildman–Crippen LogP) is 3.03. The molecular formula is C18H16F2O6. The lowest BCUT2D eigenvalue weighted by atomic mass is 10.1. The lowest BCUT2D eigenvalue weighted by Gasteiger charge is -2.15. The number of carbonyl (C=O) groups excluding carboxylic acids is 2. The molecule has 0 aromatic heterocycles. The van der Waals surface area contributed by atoms with E-state index in [-0.39, 0.29) is 22.6 Å². The number of hydrogen-bond donors (Lipinski definition) is 0. The molecule has 0 spiro atoms. The number of methoxy groups -OCH3 is 3. The van der Waals surface area contributed by atoms with E-state index in [1.807, 2.05) is 0 Å². The van der Waals surface area contributed by atoms with E-state index in [9.17, 15) is 18.4 Å². The van der Waals surface area contributed by atoms with Gasteiger partial charge in [-0.15, -0.1) is 0 Å². The van der Waals surface area contributed by atoms with Crippen molar-refractivity contribution in [3.63, 3.8) is 0 Å². The molecule has 138 valence electrons. The first kappa shape index (κ1) is 19.2. The van der Waals surface area contributed by atoms with Crippen LogP contribution >= 0.6 is 0 Å². The summed E-state index contributed by atoms with van der Waals surface area (Å²) in [6.07, 6.45) is 0. The molecule has 0 aliphatic carbocycles. The molecule has 2 aromatic rings. The monoisotopic (exact) mass is 366 g/mol. The fourth-order valence-corrected chi connectivity index (χ4v) is 2.22. The van der Waals surface area contributed by atoms with Crippen molar-refractivity contribution in [3.05, 3.63) is 53.1 Å². The third-order valence-corrected chi connectivity index (χ3v) is 3.50. The van der Waals surface area contributed by atoms with Crippen LogP contribution in [0.3, 0.4) is 0 Å². The van der Waals surface area contributed by atoms with Crippen molar-refractivity contribution in [2.45, 2.75) is 0 Å². The molecule has 26 heavy (non-hydrogen) atoms. The quantitative estimate of drug-likeness (QED) is 0.554. The van der Waals surface area contributed by atoms with E-state index in [0.29, 0.717) is 5.75 Å². The first-order valence-electron chi connectivity index (χ1n) is 7.37. The van der Waals surface area contributed by atoms with Crippen LogP contribution in [0, 0.1) is 11.6 Å². The maximum absolute atomic E-state index is 13.2. The van der Waals surface area contributed by atoms with Crippen molar-refractivity contribution >= 4 is 11.8 Å². The van der Waals surface area contributed by atoms with E-state index >= 15 is 0 Å². The third-order valence-electron chi connectivity index (χ3n) is 3.50. The Morgan fingerprint density at radius 1 is 0.885 bits per heavy atom. The highest BCUT2D eigenvalue weighted by molar-refractivity contribution is 6.00. The van der Waals surface area contributed by atoms with Crippen LogP contribution < -0.4 is 14.2 Å². The second-order valence-corrected chi connectivity index (χ2v) is 5.01. The molecule has 0 aliphatic heterocycles. The highest BCUT2D eigenvalue weighted by atomic mass is 19.2. The van der Waals surface area contributed by atoms with E-state index in [2.05, 4.69) is 0 Å². The fourth-order valence-electron chi connectivity index (χ4n) is 2.22. The highest BCUT2D eigenvalue weighted by Crippen LogP contribution is 2.39. The summed E-state index contributed by atoms with van der Waals surface area (Å²) >= 11 is 0. The van der Waals surface area contributed by atoms with Gasteiger partial charge in [-0.1, -0.05) is 0 Å². The summed E-state index contributed by atoms with van der Waals surface area (Å²) < 4.78 is 46.5. The van der Waals surface area contributed by atoms with Crippen molar-refractivity contribution in [2.24, 2.45) is 0 Å². The Morgan fingerprint density at radius 3 is 2.15 bits per heavy atom. The van der Waals surface area contributed by atoms with E-state index < -0.39 is 30.0 Å².